The molecule has 1 unspecified atom stereocenters. The van der Waals surface area contributed by atoms with E-state index in [-0.39, 0.29) is 13.2 Å². The van der Waals surface area contributed by atoms with Gasteiger partial charge < -0.3 is 14.9 Å². The number of hydrogen-bond acceptors (Lipinski definition) is 4. The highest BCUT2D eigenvalue weighted by molar-refractivity contribution is 5.38. The maximum absolute atomic E-state index is 10.3. The lowest BCUT2D eigenvalue weighted by Crippen LogP contribution is -2.37. The first-order valence-corrected chi connectivity index (χ1v) is 8.34. The van der Waals surface area contributed by atoms with Crippen molar-refractivity contribution in [1.82, 2.24) is 4.90 Å². The Kier molecular flexibility index (Phi) is 7.25. The van der Waals surface area contributed by atoms with Gasteiger partial charge in [-0.1, -0.05) is 42.5 Å². The van der Waals surface area contributed by atoms with E-state index in [1.807, 2.05) is 67.3 Å². The Balaban J connectivity index is 1.88. The second kappa shape index (κ2) is 9.42. The van der Waals surface area contributed by atoms with Crippen LogP contribution in [0.5, 0.6) is 5.75 Å². The van der Waals surface area contributed by atoms with Gasteiger partial charge in [0.25, 0.3) is 0 Å². The van der Waals surface area contributed by atoms with Crippen LogP contribution in [0.25, 0.3) is 0 Å². The highest BCUT2D eigenvalue weighted by atomic mass is 16.5. The lowest BCUT2D eigenvalue weighted by molar-refractivity contribution is 0.0588. The molecule has 0 saturated heterocycles. The van der Waals surface area contributed by atoms with E-state index in [9.17, 15) is 10.2 Å². The fourth-order valence-electron chi connectivity index (χ4n) is 2.64. The lowest BCUT2D eigenvalue weighted by Gasteiger charge is -2.24. The van der Waals surface area contributed by atoms with Gasteiger partial charge in [0.2, 0.25) is 0 Å². The Bertz CT molecular complexity index is 616. The van der Waals surface area contributed by atoms with Crippen LogP contribution in [0.4, 0.5) is 0 Å². The van der Waals surface area contributed by atoms with Gasteiger partial charge in [-0.15, -0.1) is 0 Å². The van der Waals surface area contributed by atoms with E-state index < -0.39 is 6.10 Å². The van der Waals surface area contributed by atoms with E-state index in [0.29, 0.717) is 19.6 Å². The Morgan fingerprint density at radius 2 is 1.79 bits per heavy atom. The standard InChI is InChI=1S/C20H27NO3/c1-16-7-6-10-20(17(16)2)24-15-19(23)14-21(11-12-22)13-18-8-4-3-5-9-18/h3-10,19,22-23H,11-15H2,1-2H3. The van der Waals surface area contributed by atoms with Gasteiger partial charge in [-0.3, -0.25) is 4.90 Å². The predicted octanol–water partition coefficient (Wildman–Crippen LogP) is 2.54. The van der Waals surface area contributed by atoms with Crippen LogP contribution in [-0.4, -0.2) is 47.5 Å². The predicted molar refractivity (Wildman–Crippen MR) is 96.2 cm³/mol. The van der Waals surface area contributed by atoms with E-state index in [1.54, 1.807) is 0 Å². The maximum atomic E-state index is 10.3. The molecule has 0 aliphatic carbocycles. The molecule has 0 radical (unpaired) electrons. The van der Waals surface area contributed by atoms with Crippen molar-refractivity contribution in [2.75, 3.05) is 26.3 Å². The quantitative estimate of drug-likeness (QED) is 0.742. The van der Waals surface area contributed by atoms with E-state index in [1.165, 1.54) is 5.56 Å². The number of ether oxygens (including phenoxy) is 1. The van der Waals surface area contributed by atoms with Gasteiger partial charge >= 0.3 is 0 Å². The molecule has 0 bridgehead atoms. The summed E-state index contributed by atoms with van der Waals surface area (Å²) >= 11 is 0. The molecule has 0 heterocycles. The van der Waals surface area contributed by atoms with Crippen molar-refractivity contribution in [3.63, 3.8) is 0 Å². The molecule has 2 aromatic rings. The topological polar surface area (TPSA) is 52.9 Å². The zero-order valence-corrected chi connectivity index (χ0v) is 14.5. The highest BCUT2D eigenvalue weighted by Crippen LogP contribution is 2.20. The van der Waals surface area contributed by atoms with Crippen molar-refractivity contribution in [3.05, 3.63) is 65.2 Å². The molecule has 0 fully saturated rings. The van der Waals surface area contributed by atoms with Crippen LogP contribution in [-0.2, 0) is 6.54 Å². The number of hydrogen-bond donors (Lipinski definition) is 2. The third-order valence-electron chi connectivity index (χ3n) is 4.12. The molecule has 0 aliphatic heterocycles. The fraction of sp³-hybridized carbons (Fsp3) is 0.400. The van der Waals surface area contributed by atoms with Gasteiger partial charge in [-0.05, 0) is 36.6 Å². The largest absolute Gasteiger partial charge is 0.491 e. The van der Waals surface area contributed by atoms with Crippen LogP contribution in [0, 0.1) is 13.8 Å². The molecular formula is C20H27NO3. The molecule has 1 atom stereocenters. The zero-order valence-electron chi connectivity index (χ0n) is 14.5. The summed E-state index contributed by atoms with van der Waals surface area (Å²) in [5.74, 6) is 0.811. The first-order valence-electron chi connectivity index (χ1n) is 8.34. The highest BCUT2D eigenvalue weighted by Gasteiger charge is 2.13. The molecule has 2 rings (SSSR count). The maximum Gasteiger partial charge on any atom is 0.122 e. The third kappa shape index (κ3) is 5.64. The number of rotatable bonds is 9. The van der Waals surface area contributed by atoms with Crippen molar-refractivity contribution >= 4 is 0 Å². The summed E-state index contributed by atoms with van der Waals surface area (Å²) in [5, 5.41) is 19.5. The van der Waals surface area contributed by atoms with Gasteiger partial charge in [0.1, 0.15) is 18.5 Å². The number of aliphatic hydroxyl groups is 2. The third-order valence-corrected chi connectivity index (χ3v) is 4.12. The molecule has 0 saturated carbocycles. The van der Waals surface area contributed by atoms with Crippen molar-refractivity contribution in [1.29, 1.82) is 0 Å². The Morgan fingerprint density at radius 1 is 1.04 bits per heavy atom. The van der Waals surface area contributed by atoms with Crippen molar-refractivity contribution in [3.8, 4) is 5.75 Å². The van der Waals surface area contributed by atoms with E-state index in [4.69, 9.17) is 4.74 Å². The Morgan fingerprint density at radius 3 is 2.50 bits per heavy atom. The molecule has 24 heavy (non-hydrogen) atoms. The van der Waals surface area contributed by atoms with E-state index in [2.05, 4.69) is 0 Å². The van der Waals surface area contributed by atoms with Gasteiger partial charge in [0.05, 0.1) is 6.61 Å². The fourth-order valence-corrected chi connectivity index (χ4v) is 2.64. The molecule has 0 aliphatic rings. The molecule has 0 amide bonds. The second-order valence-corrected chi connectivity index (χ2v) is 6.11. The van der Waals surface area contributed by atoms with Crippen LogP contribution in [0.15, 0.2) is 48.5 Å². The van der Waals surface area contributed by atoms with Crippen LogP contribution in [0.1, 0.15) is 16.7 Å². The monoisotopic (exact) mass is 329 g/mol. The summed E-state index contributed by atoms with van der Waals surface area (Å²) in [6.07, 6.45) is -0.611. The number of nitrogens with zero attached hydrogens (tertiary/aromatic N) is 1. The molecule has 2 aromatic carbocycles. The minimum atomic E-state index is -0.611. The molecule has 0 spiro atoms. The summed E-state index contributed by atoms with van der Waals surface area (Å²) < 4.78 is 5.77. The molecule has 130 valence electrons. The van der Waals surface area contributed by atoms with Gasteiger partial charge in [-0.2, -0.15) is 0 Å². The summed E-state index contributed by atoms with van der Waals surface area (Å²) in [5.41, 5.74) is 3.43. The number of benzene rings is 2. The second-order valence-electron chi connectivity index (χ2n) is 6.11. The van der Waals surface area contributed by atoms with Crippen LogP contribution < -0.4 is 4.74 Å². The van der Waals surface area contributed by atoms with Gasteiger partial charge in [0, 0.05) is 19.6 Å². The summed E-state index contributed by atoms with van der Waals surface area (Å²) in [6.45, 7) is 6.04. The number of aryl methyl sites for hydroxylation is 1. The molecular weight excluding hydrogens is 302 g/mol. The minimum absolute atomic E-state index is 0.0669. The molecule has 2 N–H and O–H groups in total. The van der Waals surface area contributed by atoms with Crippen molar-refractivity contribution in [2.45, 2.75) is 26.5 Å². The molecule has 0 aromatic heterocycles. The van der Waals surface area contributed by atoms with Gasteiger partial charge in [0.15, 0.2) is 0 Å². The normalized spacial score (nSPS) is 12.4. The van der Waals surface area contributed by atoms with Crippen LogP contribution in [0.2, 0.25) is 0 Å². The Hall–Kier alpha value is -1.88. The van der Waals surface area contributed by atoms with Crippen molar-refractivity contribution in [2.24, 2.45) is 0 Å². The van der Waals surface area contributed by atoms with Crippen molar-refractivity contribution < 1.29 is 14.9 Å². The summed E-state index contributed by atoms with van der Waals surface area (Å²) in [7, 11) is 0. The first-order chi connectivity index (χ1) is 11.6. The summed E-state index contributed by atoms with van der Waals surface area (Å²) in [4.78, 5) is 2.03. The molecule has 4 heteroatoms. The number of aliphatic hydroxyl groups excluding tert-OH is 2. The first kappa shape index (κ1) is 18.5. The van der Waals surface area contributed by atoms with Crippen LogP contribution in [0.3, 0.4) is 0 Å². The average molecular weight is 329 g/mol. The minimum Gasteiger partial charge on any atom is -0.491 e. The van der Waals surface area contributed by atoms with Gasteiger partial charge in [-0.25, -0.2) is 0 Å². The Labute approximate surface area is 144 Å². The van der Waals surface area contributed by atoms with E-state index in [0.717, 1.165) is 16.9 Å². The summed E-state index contributed by atoms with van der Waals surface area (Å²) in [6, 6.07) is 16.0. The smallest absolute Gasteiger partial charge is 0.122 e. The average Bonchev–Trinajstić information content (AvgIpc) is 2.57. The van der Waals surface area contributed by atoms with E-state index >= 15 is 0 Å². The SMILES string of the molecule is Cc1cccc(OCC(O)CN(CCO)Cc2ccccc2)c1C. The zero-order chi connectivity index (χ0) is 17.4. The molecule has 4 nitrogen and oxygen atoms in total. The lowest BCUT2D eigenvalue weighted by atomic mass is 10.1. The van der Waals surface area contributed by atoms with Crippen LogP contribution >= 0.6 is 0 Å².